The van der Waals surface area contributed by atoms with E-state index in [9.17, 15) is 4.79 Å². The summed E-state index contributed by atoms with van der Waals surface area (Å²) in [6.07, 6.45) is 0. The van der Waals surface area contributed by atoms with Crippen molar-refractivity contribution < 1.29 is 9.53 Å². The van der Waals surface area contributed by atoms with E-state index in [-0.39, 0.29) is 5.91 Å². The number of hydrogen-bond donors (Lipinski definition) is 1. The maximum absolute atomic E-state index is 10.6. The fourth-order valence-electron chi connectivity index (χ4n) is 1.25. The molecule has 0 heterocycles. The van der Waals surface area contributed by atoms with E-state index in [1.54, 1.807) is 0 Å². The Kier molecular flexibility index (Phi) is 4.16. The molecule has 1 N–H and O–H groups in total. The van der Waals surface area contributed by atoms with Gasteiger partial charge in [-0.3, -0.25) is 4.79 Å². The van der Waals surface area contributed by atoms with Gasteiger partial charge < -0.3 is 10.1 Å². The molecule has 0 unspecified atom stereocenters. The van der Waals surface area contributed by atoms with Crippen LogP contribution in [0.15, 0.2) is 18.2 Å². The van der Waals surface area contributed by atoms with E-state index >= 15 is 0 Å². The Morgan fingerprint density at radius 3 is 2.80 bits per heavy atom. The van der Waals surface area contributed by atoms with Gasteiger partial charge in [-0.1, -0.05) is 12.1 Å². The Labute approximate surface area is 90.4 Å². The highest BCUT2D eigenvalue weighted by Gasteiger charge is 1.99. The molecule has 0 saturated heterocycles. The Morgan fingerprint density at radius 2 is 2.13 bits per heavy atom. The highest BCUT2D eigenvalue weighted by atomic mass is 16.5. The van der Waals surface area contributed by atoms with E-state index in [1.165, 1.54) is 12.5 Å². The number of benzene rings is 1. The Balaban J connectivity index is 2.43. The third-order valence-corrected chi connectivity index (χ3v) is 2.08. The van der Waals surface area contributed by atoms with E-state index in [4.69, 9.17) is 4.74 Å². The lowest BCUT2D eigenvalue weighted by Crippen LogP contribution is -2.25. The minimum atomic E-state index is -0.0282. The van der Waals surface area contributed by atoms with Gasteiger partial charge in [0.1, 0.15) is 12.4 Å². The largest absolute Gasteiger partial charge is 0.491 e. The van der Waals surface area contributed by atoms with Crippen molar-refractivity contribution in [3.05, 3.63) is 29.3 Å². The average molecular weight is 207 g/mol. The van der Waals surface area contributed by atoms with Crippen LogP contribution in [0.25, 0.3) is 0 Å². The zero-order valence-corrected chi connectivity index (χ0v) is 9.46. The molecule has 3 heteroatoms. The Hall–Kier alpha value is -1.51. The molecule has 0 radical (unpaired) electrons. The van der Waals surface area contributed by atoms with Crippen LogP contribution in [0.1, 0.15) is 18.1 Å². The van der Waals surface area contributed by atoms with Gasteiger partial charge in [-0.2, -0.15) is 0 Å². The molecule has 1 aromatic rings. The molecular weight excluding hydrogens is 190 g/mol. The molecule has 0 aromatic heterocycles. The van der Waals surface area contributed by atoms with Crippen molar-refractivity contribution in [2.24, 2.45) is 0 Å². The minimum Gasteiger partial charge on any atom is -0.491 e. The Morgan fingerprint density at radius 1 is 1.40 bits per heavy atom. The molecule has 0 aliphatic carbocycles. The first-order valence-corrected chi connectivity index (χ1v) is 5.04. The minimum absolute atomic E-state index is 0.0282. The molecule has 0 bridgehead atoms. The quantitative estimate of drug-likeness (QED) is 0.765. The van der Waals surface area contributed by atoms with E-state index in [2.05, 4.69) is 11.4 Å². The summed E-state index contributed by atoms with van der Waals surface area (Å²) in [4.78, 5) is 10.6. The lowest BCUT2D eigenvalue weighted by molar-refractivity contribution is -0.119. The van der Waals surface area contributed by atoms with E-state index in [0.717, 1.165) is 11.3 Å². The number of aryl methyl sites for hydroxylation is 2. The molecule has 1 rings (SSSR count). The van der Waals surface area contributed by atoms with Gasteiger partial charge in [0.2, 0.25) is 5.91 Å². The average Bonchev–Trinajstić information content (AvgIpc) is 2.17. The van der Waals surface area contributed by atoms with Crippen LogP contribution in [0.2, 0.25) is 0 Å². The van der Waals surface area contributed by atoms with Crippen molar-refractivity contribution in [1.82, 2.24) is 5.32 Å². The molecular formula is C12H17NO2. The van der Waals surface area contributed by atoms with Crippen molar-refractivity contribution in [1.29, 1.82) is 0 Å². The summed E-state index contributed by atoms with van der Waals surface area (Å²) in [5.41, 5.74) is 2.29. The predicted molar refractivity (Wildman–Crippen MR) is 60.1 cm³/mol. The fourth-order valence-corrected chi connectivity index (χ4v) is 1.25. The summed E-state index contributed by atoms with van der Waals surface area (Å²) in [5.74, 6) is 0.861. The van der Waals surface area contributed by atoms with Crippen molar-refractivity contribution in [3.8, 4) is 5.75 Å². The van der Waals surface area contributed by atoms with Crippen LogP contribution >= 0.6 is 0 Å². The number of rotatable bonds is 4. The molecule has 0 aliphatic heterocycles. The summed E-state index contributed by atoms with van der Waals surface area (Å²) >= 11 is 0. The van der Waals surface area contributed by atoms with Gasteiger partial charge >= 0.3 is 0 Å². The second-order valence-corrected chi connectivity index (χ2v) is 3.60. The molecule has 0 saturated carbocycles. The maximum Gasteiger partial charge on any atom is 0.216 e. The van der Waals surface area contributed by atoms with Crippen LogP contribution < -0.4 is 10.1 Å². The summed E-state index contributed by atoms with van der Waals surface area (Å²) in [6.45, 7) is 6.58. The molecule has 0 spiro atoms. The van der Waals surface area contributed by atoms with Crippen LogP contribution in [0.5, 0.6) is 5.75 Å². The third kappa shape index (κ3) is 4.02. The van der Waals surface area contributed by atoms with Gasteiger partial charge in [-0.15, -0.1) is 0 Å². The zero-order chi connectivity index (χ0) is 11.3. The van der Waals surface area contributed by atoms with Crippen LogP contribution in [0, 0.1) is 13.8 Å². The number of amides is 1. The van der Waals surface area contributed by atoms with Crippen LogP contribution in [-0.2, 0) is 4.79 Å². The molecule has 15 heavy (non-hydrogen) atoms. The van der Waals surface area contributed by atoms with Crippen molar-refractivity contribution in [2.75, 3.05) is 13.2 Å². The second-order valence-electron chi connectivity index (χ2n) is 3.60. The monoisotopic (exact) mass is 207 g/mol. The summed E-state index contributed by atoms with van der Waals surface area (Å²) in [5, 5.41) is 2.69. The second kappa shape index (κ2) is 5.39. The van der Waals surface area contributed by atoms with Gasteiger partial charge in [-0.05, 0) is 31.0 Å². The van der Waals surface area contributed by atoms with E-state index in [0.29, 0.717) is 13.2 Å². The highest BCUT2D eigenvalue weighted by Crippen LogP contribution is 2.18. The van der Waals surface area contributed by atoms with Gasteiger partial charge in [-0.25, -0.2) is 0 Å². The maximum atomic E-state index is 10.6. The van der Waals surface area contributed by atoms with Crippen molar-refractivity contribution in [3.63, 3.8) is 0 Å². The van der Waals surface area contributed by atoms with Crippen molar-refractivity contribution >= 4 is 5.91 Å². The lowest BCUT2D eigenvalue weighted by atomic mass is 10.1. The third-order valence-electron chi connectivity index (χ3n) is 2.08. The summed E-state index contributed by atoms with van der Waals surface area (Å²) < 4.78 is 5.55. The predicted octanol–water partition coefficient (Wildman–Crippen LogP) is 1.82. The first kappa shape index (κ1) is 11.6. The number of hydrogen-bond acceptors (Lipinski definition) is 2. The van der Waals surface area contributed by atoms with Crippen LogP contribution in [-0.4, -0.2) is 19.1 Å². The Bertz CT molecular complexity index is 347. The first-order chi connectivity index (χ1) is 7.09. The smallest absolute Gasteiger partial charge is 0.216 e. The van der Waals surface area contributed by atoms with Crippen molar-refractivity contribution in [2.45, 2.75) is 20.8 Å². The summed E-state index contributed by atoms with van der Waals surface area (Å²) in [6, 6.07) is 6.09. The fraction of sp³-hybridized carbons (Fsp3) is 0.417. The van der Waals surface area contributed by atoms with Gasteiger partial charge in [0.05, 0.1) is 6.54 Å². The molecule has 1 amide bonds. The number of nitrogens with one attached hydrogen (secondary N) is 1. The zero-order valence-electron chi connectivity index (χ0n) is 9.46. The van der Waals surface area contributed by atoms with Gasteiger partial charge in [0.15, 0.2) is 0 Å². The molecule has 1 aromatic carbocycles. The van der Waals surface area contributed by atoms with E-state index in [1.807, 2.05) is 26.0 Å². The number of ether oxygens (including phenoxy) is 1. The molecule has 0 atom stereocenters. The highest BCUT2D eigenvalue weighted by molar-refractivity contribution is 5.72. The standard InChI is InChI=1S/C12H17NO2/c1-9-4-5-10(2)12(8-9)15-7-6-13-11(3)14/h4-5,8H,6-7H2,1-3H3,(H,13,14). The number of carbonyl (C=O) groups excluding carboxylic acids is 1. The molecule has 0 aliphatic rings. The molecule has 82 valence electrons. The van der Waals surface area contributed by atoms with E-state index < -0.39 is 0 Å². The van der Waals surface area contributed by atoms with Crippen LogP contribution in [0.4, 0.5) is 0 Å². The SMILES string of the molecule is CC(=O)NCCOc1cc(C)ccc1C. The topological polar surface area (TPSA) is 38.3 Å². The summed E-state index contributed by atoms with van der Waals surface area (Å²) in [7, 11) is 0. The molecule has 0 fully saturated rings. The first-order valence-electron chi connectivity index (χ1n) is 5.04. The van der Waals surface area contributed by atoms with Gasteiger partial charge in [0.25, 0.3) is 0 Å². The normalized spacial score (nSPS) is 9.80. The van der Waals surface area contributed by atoms with Crippen LogP contribution in [0.3, 0.4) is 0 Å². The van der Waals surface area contributed by atoms with Gasteiger partial charge in [0, 0.05) is 6.92 Å². The number of carbonyl (C=O) groups is 1. The molecule has 3 nitrogen and oxygen atoms in total. The lowest BCUT2D eigenvalue weighted by Gasteiger charge is -2.09.